The second-order valence-corrected chi connectivity index (χ2v) is 6.74. The van der Waals surface area contributed by atoms with E-state index in [1.807, 2.05) is 0 Å². The summed E-state index contributed by atoms with van der Waals surface area (Å²) in [5.41, 5.74) is 0.949. The van der Waals surface area contributed by atoms with Gasteiger partial charge in [-0.05, 0) is 49.4 Å². The molecular formula is C14H27NO. The van der Waals surface area contributed by atoms with Crippen LogP contribution in [0.25, 0.3) is 0 Å². The zero-order valence-electron chi connectivity index (χ0n) is 11.2. The summed E-state index contributed by atoms with van der Waals surface area (Å²) in [6.07, 6.45) is 4.99. The quantitative estimate of drug-likeness (QED) is 0.770. The zero-order valence-corrected chi connectivity index (χ0v) is 11.2. The van der Waals surface area contributed by atoms with Gasteiger partial charge in [0, 0.05) is 18.7 Å². The van der Waals surface area contributed by atoms with Crippen molar-refractivity contribution in [3.8, 4) is 0 Å². The molecule has 2 aliphatic carbocycles. The minimum absolute atomic E-state index is 0.296. The molecule has 2 aliphatic rings. The van der Waals surface area contributed by atoms with E-state index in [0.717, 1.165) is 12.3 Å². The summed E-state index contributed by atoms with van der Waals surface area (Å²) in [6.45, 7) is 9.85. The molecule has 0 spiro atoms. The highest BCUT2D eigenvalue weighted by Crippen LogP contribution is 2.65. The monoisotopic (exact) mass is 225 g/mol. The van der Waals surface area contributed by atoms with Crippen LogP contribution in [0.3, 0.4) is 0 Å². The summed E-state index contributed by atoms with van der Waals surface area (Å²) in [6, 6.07) is 1.10. The lowest BCUT2D eigenvalue weighted by molar-refractivity contribution is 0.113. The van der Waals surface area contributed by atoms with Crippen LogP contribution in [0.5, 0.6) is 0 Å². The Morgan fingerprint density at radius 3 is 2.50 bits per heavy atom. The minimum atomic E-state index is 0.296. The van der Waals surface area contributed by atoms with E-state index >= 15 is 0 Å². The van der Waals surface area contributed by atoms with Gasteiger partial charge in [-0.1, -0.05) is 20.8 Å². The van der Waals surface area contributed by atoms with Crippen molar-refractivity contribution in [2.75, 3.05) is 6.61 Å². The molecule has 0 saturated heterocycles. The minimum Gasteiger partial charge on any atom is -0.396 e. The average molecular weight is 225 g/mol. The summed E-state index contributed by atoms with van der Waals surface area (Å²) in [5, 5.41) is 12.7. The van der Waals surface area contributed by atoms with Gasteiger partial charge in [0.15, 0.2) is 0 Å². The van der Waals surface area contributed by atoms with Gasteiger partial charge in [0.25, 0.3) is 0 Å². The predicted molar refractivity (Wildman–Crippen MR) is 67.3 cm³/mol. The van der Waals surface area contributed by atoms with Crippen molar-refractivity contribution in [1.82, 2.24) is 5.32 Å². The topological polar surface area (TPSA) is 32.3 Å². The van der Waals surface area contributed by atoms with E-state index in [0.29, 0.717) is 29.5 Å². The third kappa shape index (κ3) is 1.62. The fourth-order valence-corrected chi connectivity index (χ4v) is 4.08. The Morgan fingerprint density at radius 1 is 1.38 bits per heavy atom. The molecule has 0 radical (unpaired) electrons. The summed E-state index contributed by atoms with van der Waals surface area (Å²) < 4.78 is 0. The molecule has 0 aromatic rings. The Morgan fingerprint density at radius 2 is 2.06 bits per heavy atom. The maximum Gasteiger partial charge on any atom is 0.0445 e. The molecule has 2 saturated carbocycles. The second kappa shape index (κ2) is 3.99. The Hall–Kier alpha value is -0.0800. The maximum atomic E-state index is 8.97. The Labute approximate surface area is 99.8 Å². The lowest BCUT2D eigenvalue weighted by Gasteiger charge is -2.40. The van der Waals surface area contributed by atoms with Gasteiger partial charge in [-0.2, -0.15) is 0 Å². The molecule has 0 aliphatic heterocycles. The summed E-state index contributed by atoms with van der Waals surface area (Å²) in [7, 11) is 0. The molecule has 0 aromatic carbocycles. The Balaban J connectivity index is 2.04. The number of fused-ring (bicyclic) bond motifs is 2. The second-order valence-electron chi connectivity index (χ2n) is 6.74. The third-order valence-corrected chi connectivity index (χ3v) is 5.84. The molecule has 16 heavy (non-hydrogen) atoms. The van der Waals surface area contributed by atoms with E-state index in [1.54, 1.807) is 0 Å². The molecular weight excluding hydrogens is 198 g/mol. The molecule has 4 unspecified atom stereocenters. The SMILES string of the molecule is CC(CCO)NC1CC2CCC1(C)C2(C)C. The Bertz CT molecular complexity index is 263. The van der Waals surface area contributed by atoms with Crippen LogP contribution in [-0.4, -0.2) is 23.8 Å². The van der Waals surface area contributed by atoms with E-state index in [-0.39, 0.29) is 0 Å². The first-order valence-corrected chi connectivity index (χ1v) is 6.78. The normalized spacial score (nSPS) is 42.6. The van der Waals surface area contributed by atoms with E-state index in [9.17, 15) is 0 Å². The first kappa shape index (κ1) is 12.4. The molecule has 0 aromatic heterocycles. The van der Waals surface area contributed by atoms with Crippen LogP contribution in [0.4, 0.5) is 0 Å². The molecule has 0 amide bonds. The van der Waals surface area contributed by atoms with Gasteiger partial charge in [-0.15, -0.1) is 0 Å². The number of nitrogens with one attached hydrogen (secondary N) is 1. The van der Waals surface area contributed by atoms with Crippen molar-refractivity contribution in [3.05, 3.63) is 0 Å². The standard InChI is InChI=1S/C14H27NO/c1-10(6-8-16)15-12-9-11-5-7-14(12,4)13(11,2)3/h10-12,15-16H,5-9H2,1-4H3. The van der Waals surface area contributed by atoms with Gasteiger partial charge in [-0.3, -0.25) is 0 Å². The number of aliphatic hydroxyl groups excluding tert-OH is 1. The van der Waals surface area contributed by atoms with Gasteiger partial charge >= 0.3 is 0 Å². The highest BCUT2D eigenvalue weighted by Gasteiger charge is 2.61. The summed E-state index contributed by atoms with van der Waals surface area (Å²) in [4.78, 5) is 0. The molecule has 2 bridgehead atoms. The van der Waals surface area contributed by atoms with Gasteiger partial charge in [0.2, 0.25) is 0 Å². The molecule has 4 atom stereocenters. The molecule has 2 heteroatoms. The van der Waals surface area contributed by atoms with Crippen LogP contribution in [0, 0.1) is 16.7 Å². The third-order valence-electron chi connectivity index (χ3n) is 5.84. The van der Waals surface area contributed by atoms with Crippen LogP contribution >= 0.6 is 0 Å². The predicted octanol–water partition coefficient (Wildman–Crippen LogP) is 2.56. The van der Waals surface area contributed by atoms with Crippen LogP contribution in [-0.2, 0) is 0 Å². The maximum absolute atomic E-state index is 8.97. The molecule has 0 heterocycles. The van der Waals surface area contributed by atoms with E-state index in [4.69, 9.17) is 5.11 Å². The summed E-state index contributed by atoms with van der Waals surface area (Å²) in [5.74, 6) is 0.899. The van der Waals surface area contributed by atoms with Crippen LogP contribution < -0.4 is 5.32 Å². The molecule has 2 rings (SSSR count). The lowest BCUT2D eigenvalue weighted by Crippen LogP contribution is -2.47. The van der Waals surface area contributed by atoms with Gasteiger partial charge in [0.1, 0.15) is 0 Å². The fourth-order valence-electron chi connectivity index (χ4n) is 4.08. The van der Waals surface area contributed by atoms with Crippen LogP contribution in [0.15, 0.2) is 0 Å². The zero-order chi connectivity index (χ0) is 12.0. The van der Waals surface area contributed by atoms with Crippen LogP contribution in [0.2, 0.25) is 0 Å². The first-order valence-electron chi connectivity index (χ1n) is 6.78. The smallest absolute Gasteiger partial charge is 0.0445 e. The fraction of sp³-hybridized carbons (Fsp3) is 1.00. The average Bonchev–Trinajstić information content (AvgIpc) is 2.51. The van der Waals surface area contributed by atoms with Crippen molar-refractivity contribution in [3.63, 3.8) is 0 Å². The van der Waals surface area contributed by atoms with Crippen molar-refractivity contribution < 1.29 is 5.11 Å². The molecule has 2 N–H and O–H groups in total. The number of aliphatic hydroxyl groups is 1. The van der Waals surface area contributed by atoms with Gasteiger partial charge < -0.3 is 10.4 Å². The Kier molecular flexibility index (Phi) is 3.09. The van der Waals surface area contributed by atoms with Crippen molar-refractivity contribution in [1.29, 1.82) is 0 Å². The largest absolute Gasteiger partial charge is 0.396 e. The molecule has 94 valence electrons. The van der Waals surface area contributed by atoms with Crippen molar-refractivity contribution in [2.24, 2.45) is 16.7 Å². The van der Waals surface area contributed by atoms with Crippen LogP contribution in [0.1, 0.15) is 53.4 Å². The lowest BCUT2D eigenvalue weighted by atomic mass is 9.69. The van der Waals surface area contributed by atoms with E-state index in [2.05, 4.69) is 33.0 Å². The van der Waals surface area contributed by atoms with Crippen molar-refractivity contribution in [2.45, 2.75) is 65.5 Å². The highest BCUT2D eigenvalue weighted by atomic mass is 16.3. The molecule has 2 nitrogen and oxygen atoms in total. The van der Waals surface area contributed by atoms with E-state index in [1.165, 1.54) is 19.3 Å². The van der Waals surface area contributed by atoms with Crippen molar-refractivity contribution >= 4 is 0 Å². The van der Waals surface area contributed by atoms with Gasteiger partial charge in [-0.25, -0.2) is 0 Å². The number of rotatable bonds is 4. The summed E-state index contributed by atoms with van der Waals surface area (Å²) >= 11 is 0. The molecule has 2 fully saturated rings. The number of hydrogen-bond donors (Lipinski definition) is 2. The number of hydrogen-bond acceptors (Lipinski definition) is 2. The first-order chi connectivity index (χ1) is 7.41. The van der Waals surface area contributed by atoms with E-state index < -0.39 is 0 Å². The highest BCUT2D eigenvalue weighted by molar-refractivity contribution is 5.13. The van der Waals surface area contributed by atoms with Gasteiger partial charge in [0.05, 0.1) is 0 Å².